The number of aliphatic carboxylic acids is 1. The number of carbonyl (C=O) groups is 1. The molecule has 0 atom stereocenters. The Hall–Kier alpha value is -2.38. The van der Waals surface area contributed by atoms with E-state index < -0.39 is 21.7 Å². The van der Waals surface area contributed by atoms with Crippen LogP contribution in [0.2, 0.25) is 5.02 Å². The number of carboxylic acids is 1. The number of hydrogen-bond acceptors (Lipinski definition) is 4. The predicted molar refractivity (Wildman–Crippen MR) is 97.3 cm³/mol. The summed E-state index contributed by atoms with van der Waals surface area (Å²) in [6.45, 7) is 1.74. The van der Waals surface area contributed by atoms with E-state index in [9.17, 15) is 13.2 Å². The van der Waals surface area contributed by atoms with Gasteiger partial charge in [-0.3, -0.25) is 9.71 Å². The predicted octanol–water partition coefficient (Wildman–Crippen LogP) is 3.12. The molecule has 0 aliphatic rings. The number of rotatable bonds is 6. The van der Waals surface area contributed by atoms with E-state index in [0.717, 1.165) is 9.87 Å². The third kappa shape index (κ3) is 4.18. The average Bonchev–Trinajstić information content (AvgIpc) is 2.56. The van der Waals surface area contributed by atoms with Crippen molar-refractivity contribution in [2.45, 2.75) is 18.2 Å². The molecule has 132 valence electrons. The highest BCUT2D eigenvalue weighted by Gasteiger charge is 2.22. The summed E-state index contributed by atoms with van der Waals surface area (Å²) in [5.74, 6) is -1.33. The molecule has 0 amide bonds. The van der Waals surface area contributed by atoms with Crippen LogP contribution in [0.1, 0.15) is 11.1 Å². The van der Waals surface area contributed by atoms with Gasteiger partial charge < -0.3 is 5.11 Å². The molecule has 25 heavy (non-hydrogen) atoms. The van der Waals surface area contributed by atoms with Gasteiger partial charge in [-0.1, -0.05) is 17.7 Å². The summed E-state index contributed by atoms with van der Waals surface area (Å²) in [6, 6.07) is 10.9. The van der Waals surface area contributed by atoms with Crippen LogP contribution in [0.4, 0.5) is 5.69 Å². The standard InChI is InChI=1S/C17H17ClN2O4S/c1-11-3-8-15(9-12(11)10-16(19)17(21)22)25(23,24)20(2)14-6-4-13(18)5-7-14/h3-9,19H,10H2,1-2H3,(H,21,22). The summed E-state index contributed by atoms with van der Waals surface area (Å²) in [5.41, 5.74) is 1.16. The van der Waals surface area contributed by atoms with E-state index in [2.05, 4.69) is 0 Å². The van der Waals surface area contributed by atoms with Gasteiger partial charge in [0.25, 0.3) is 10.0 Å². The molecule has 0 radical (unpaired) electrons. The molecule has 0 aliphatic heterocycles. The topological polar surface area (TPSA) is 98.5 Å². The van der Waals surface area contributed by atoms with E-state index in [0.29, 0.717) is 16.3 Å². The van der Waals surface area contributed by atoms with Crippen LogP contribution in [0, 0.1) is 12.3 Å². The van der Waals surface area contributed by atoms with Crippen molar-refractivity contribution in [2.24, 2.45) is 0 Å². The second-order valence-electron chi connectivity index (χ2n) is 5.50. The van der Waals surface area contributed by atoms with Gasteiger partial charge in [-0.15, -0.1) is 0 Å². The van der Waals surface area contributed by atoms with Gasteiger partial charge in [0.1, 0.15) is 5.71 Å². The maximum Gasteiger partial charge on any atom is 0.349 e. The molecule has 2 aromatic carbocycles. The van der Waals surface area contributed by atoms with Crippen molar-refractivity contribution < 1.29 is 18.3 Å². The zero-order chi connectivity index (χ0) is 18.8. The fourth-order valence-corrected chi connectivity index (χ4v) is 3.59. The zero-order valence-corrected chi connectivity index (χ0v) is 15.2. The highest BCUT2D eigenvalue weighted by atomic mass is 35.5. The van der Waals surface area contributed by atoms with Crippen LogP contribution in [-0.2, 0) is 21.2 Å². The maximum absolute atomic E-state index is 12.8. The molecule has 0 spiro atoms. The van der Waals surface area contributed by atoms with Gasteiger partial charge in [0.05, 0.1) is 10.6 Å². The van der Waals surface area contributed by atoms with Crippen LogP contribution in [0.25, 0.3) is 0 Å². The first-order valence-electron chi connectivity index (χ1n) is 7.27. The Morgan fingerprint density at radius 3 is 2.36 bits per heavy atom. The van der Waals surface area contributed by atoms with E-state index in [1.807, 2.05) is 0 Å². The lowest BCUT2D eigenvalue weighted by Crippen LogP contribution is -2.26. The minimum absolute atomic E-state index is 0.0312. The number of aryl methyl sites for hydroxylation is 1. The third-order valence-electron chi connectivity index (χ3n) is 3.79. The second-order valence-corrected chi connectivity index (χ2v) is 7.90. The number of sulfonamides is 1. The van der Waals surface area contributed by atoms with E-state index >= 15 is 0 Å². The van der Waals surface area contributed by atoms with Crippen molar-refractivity contribution >= 4 is 39.0 Å². The fraction of sp³-hybridized carbons (Fsp3) is 0.176. The van der Waals surface area contributed by atoms with E-state index in [1.165, 1.54) is 19.2 Å². The summed E-state index contributed by atoms with van der Waals surface area (Å²) in [7, 11) is -2.40. The Balaban J connectivity index is 2.40. The van der Waals surface area contributed by atoms with Crippen molar-refractivity contribution in [3.63, 3.8) is 0 Å². The van der Waals surface area contributed by atoms with E-state index in [-0.39, 0.29) is 11.3 Å². The molecule has 2 rings (SSSR count). The molecule has 2 aromatic rings. The number of nitrogens with zero attached hydrogens (tertiary/aromatic N) is 1. The summed E-state index contributed by atoms with van der Waals surface area (Å²) < 4.78 is 26.8. The monoisotopic (exact) mass is 380 g/mol. The fourth-order valence-electron chi connectivity index (χ4n) is 2.21. The van der Waals surface area contributed by atoms with Crippen molar-refractivity contribution in [1.29, 1.82) is 5.41 Å². The molecule has 0 saturated carbocycles. The van der Waals surface area contributed by atoms with Gasteiger partial charge in [-0.25, -0.2) is 13.2 Å². The normalized spacial score (nSPS) is 11.2. The van der Waals surface area contributed by atoms with Crippen molar-refractivity contribution in [3.8, 4) is 0 Å². The molecule has 0 heterocycles. The first-order chi connectivity index (χ1) is 11.6. The lowest BCUT2D eigenvalue weighted by Gasteiger charge is -2.20. The number of anilines is 1. The Morgan fingerprint density at radius 2 is 1.80 bits per heavy atom. The molecule has 2 N–H and O–H groups in total. The smallest absolute Gasteiger partial charge is 0.349 e. The van der Waals surface area contributed by atoms with Crippen LogP contribution in [0.3, 0.4) is 0 Å². The van der Waals surface area contributed by atoms with Crippen molar-refractivity contribution in [1.82, 2.24) is 0 Å². The number of benzene rings is 2. The SMILES string of the molecule is Cc1ccc(S(=O)(=O)N(C)c2ccc(Cl)cc2)cc1CC(=N)C(=O)O. The summed E-state index contributed by atoms with van der Waals surface area (Å²) in [5, 5.41) is 16.8. The van der Waals surface area contributed by atoms with Gasteiger partial charge in [-0.2, -0.15) is 0 Å². The Morgan fingerprint density at radius 1 is 1.20 bits per heavy atom. The first-order valence-corrected chi connectivity index (χ1v) is 9.09. The molecular formula is C17H17ClN2O4S. The summed E-state index contributed by atoms with van der Waals surface area (Å²) in [6.07, 6.45) is -0.144. The summed E-state index contributed by atoms with van der Waals surface area (Å²) in [4.78, 5) is 10.9. The van der Waals surface area contributed by atoms with Gasteiger partial charge >= 0.3 is 5.97 Å². The number of halogens is 1. The lowest BCUT2D eigenvalue weighted by molar-refractivity contribution is -0.129. The van der Waals surface area contributed by atoms with Gasteiger partial charge in [0.2, 0.25) is 0 Å². The summed E-state index contributed by atoms with van der Waals surface area (Å²) >= 11 is 5.82. The van der Waals surface area contributed by atoms with Crippen LogP contribution in [0.15, 0.2) is 47.4 Å². The Bertz CT molecular complexity index is 924. The van der Waals surface area contributed by atoms with Crippen molar-refractivity contribution in [2.75, 3.05) is 11.4 Å². The minimum atomic E-state index is -3.83. The second kappa shape index (κ2) is 7.25. The van der Waals surface area contributed by atoms with Crippen LogP contribution >= 0.6 is 11.6 Å². The van der Waals surface area contributed by atoms with Crippen LogP contribution in [-0.4, -0.2) is 32.3 Å². The highest BCUT2D eigenvalue weighted by molar-refractivity contribution is 7.92. The van der Waals surface area contributed by atoms with E-state index in [1.54, 1.807) is 37.3 Å². The van der Waals surface area contributed by atoms with Gasteiger partial charge in [0, 0.05) is 18.5 Å². The molecular weight excluding hydrogens is 364 g/mol. The molecule has 0 aromatic heterocycles. The Kier molecular flexibility index (Phi) is 5.49. The molecule has 0 aliphatic carbocycles. The molecule has 6 nitrogen and oxygen atoms in total. The van der Waals surface area contributed by atoms with Crippen molar-refractivity contribution in [3.05, 3.63) is 58.6 Å². The quantitative estimate of drug-likeness (QED) is 0.752. The maximum atomic E-state index is 12.8. The molecule has 0 saturated heterocycles. The molecule has 0 bridgehead atoms. The van der Waals surface area contributed by atoms with Crippen LogP contribution in [0.5, 0.6) is 0 Å². The molecule has 0 unspecified atom stereocenters. The minimum Gasteiger partial charge on any atom is -0.477 e. The highest BCUT2D eigenvalue weighted by Crippen LogP contribution is 2.25. The first kappa shape index (κ1) is 19.0. The van der Waals surface area contributed by atoms with Gasteiger partial charge in [-0.05, 0) is 54.4 Å². The van der Waals surface area contributed by atoms with E-state index in [4.69, 9.17) is 22.1 Å². The third-order valence-corrected chi connectivity index (χ3v) is 5.83. The Labute approximate surface area is 151 Å². The largest absolute Gasteiger partial charge is 0.477 e. The lowest BCUT2D eigenvalue weighted by atomic mass is 10.0. The average molecular weight is 381 g/mol. The number of hydrogen-bond donors (Lipinski definition) is 2. The number of nitrogens with one attached hydrogen (secondary N) is 1. The number of carboxylic acid groups (broad SMARTS) is 1. The molecule has 8 heteroatoms. The zero-order valence-electron chi connectivity index (χ0n) is 13.7. The molecule has 0 fully saturated rings. The van der Waals surface area contributed by atoms with Gasteiger partial charge in [0.15, 0.2) is 0 Å². The van der Waals surface area contributed by atoms with Crippen LogP contribution < -0.4 is 4.31 Å².